The van der Waals surface area contributed by atoms with Crippen LogP contribution in [0, 0.1) is 0 Å². The van der Waals surface area contributed by atoms with Gasteiger partial charge in [0.05, 0.1) is 51.4 Å². The van der Waals surface area contributed by atoms with Gasteiger partial charge in [-0.2, -0.15) is 0 Å². The van der Waals surface area contributed by atoms with Crippen molar-refractivity contribution in [1.29, 1.82) is 0 Å². The Morgan fingerprint density at radius 1 is 0.486 bits per heavy atom. The van der Waals surface area contributed by atoms with Crippen molar-refractivity contribution in [3.05, 3.63) is 133 Å². The molecule has 0 unspecified atom stereocenters. The fraction of sp³-hybridized carbons (Fsp3) is 0.286. The summed E-state index contributed by atoms with van der Waals surface area (Å²) in [6, 6.07) is 43.9. The van der Waals surface area contributed by atoms with Gasteiger partial charge in [0, 0.05) is 46.4 Å². The van der Waals surface area contributed by atoms with Crippen molar-refractivity contribution < 1.29 is 42.6 Å². The zero-order chi connectivity index (χ0) is 48.0. The second-order valence-corrected chi connectivity index (χ2v) is 18.1. The molecule has 11 nitrogen and oxygen atoms in total. The molecule has 1 fully saturated rings. The minimum absolute atomic E-state index is 0. The molecule has 368 valence electrons. The number of hydrogen-bond donors (Lipinski definition) is 0. The highest BCUT2D eigenvalue weighted by molar-refractivity contribution is 7.23. The van der Waals surface area contributed by atoms with Gasteiger partial charge < -0.3 is 47.5 Å². The molecule has 1 aliphatic rings. The maximum absolute atomic E-state index is 6.46. The number of fused-ring (bicyclic) bond motifs is 2. The third-order valence-electron chi connectivity index (χ3n) is 11.8. The van der Waals surface area contributed by atoms with Crippen LogP contribution in [0.4, 0.5) is 0 Å². The van der Waals surface area contributed by atoms with Crippen LogP contribution in [-0.4, -0.2) is 104 Å². The normalized spacial score (nSPS) is 12.4. The fourth-order valence-electron chi connectivity index (χ4n) is 7.82. The van der Waals surface area contributed by atoms with Crippen LogP contribution in [-0.2, 0) is 4.74 Å². The van der Waals surface area contributed by atoms with Gasteiger partial charge in [-0.25, -0.2) is 0 Å². The standard InChI is InChI=1S/C28H29NO5S.C28H31NO4S.ClH/c1-30-21-5-3-20(4-6-21)28-27(25-12-11-24(31-2)19-26(25)35-28)34-23-9-7-22(8-10-23)33-18-15-29-13-16-32-17-14-29;1-5-29(6-2)17-18-32-22-11-13-23(14-12-22)33-27-25-16-15-24(31-4)19-26(25)34-28(27)20-7-9-21(30-3)10-8-20;/h3-12,19H,13-18H2,1-2H3;7-16,19H,5-6,17-18H2,1-4H3;1H. The Hall–Kier alpha value is -6.19. The van der Waals surface area contributed by atoms with Gasteiger partial charge in [-0.05, 0) is 158 Å². The lowest BCUT2D eigenvalue weighted by Gasteiger charge is -2.26. The van der Waals surface area contributed by atoms with Gasteiger partial charge in [-0.3, -0.25) is 4.90 Å². The third-order valence-corrected chi connectivity index (χ3v) is 14.2. The minimum Gasteiger partial charge on any atom is -0.497 e. The van der Waals surface area contributed by atoms with E-state index in [4.69, 9.17) is 42.6 Å². The van der Waals surface area contributed by atoms with E-state index in [9.17, 15) is 0 Å². The number of thiophene rings is 2. The van der Waals surface area contributed by atoms with Gasteiger partial charge in [0.2, 0.25) is 0 Å². The van der Waals surface area contributed by atoms with E-state index < -0.39 is 0 Å². The van der Waals surface area contributed by atoms with Crippen molar-refractivity contribution in [1.82, 2.24) is 9.80 Å². The molecule has 1 aliphatic heterocycles. The first-order valence-electron chi connectivity index (χ1n) is 23.2. The van der Waals surface area contributed by atoms with Crippen molar-refractivity contribution in [2.75, 3.05) is 94.1 Å². The van der Waals surface area contributed by atoms with Crippen molar-refractivity contribution in [3.63, 3.8) is 0 Å². The molecule has 0 saturated carbocycles. The molecular weight excluding hydrogens is 944 g/mol. The number of nitrogens with zero attached hydrogens (tertiary/aromatic N) is 2. The molecule has 0 atom stereocenters. The highest BCUT2D eigenvalue weighted by Crippen LogP contribution is 2.49. The molecule has 2 aromatic heterocycles. The van der Waals surface area contributed by atoms with E-state index in [1.54, 1.807) is 51.1 Å². The summed E-state index contributed by atoms with van der Waals surface area (Å²) in [5, 5.41) is 2.10. The van der Waals surface area contributed by atoms with Gasteiger partial charge in [-0.1, -0.05) is 13.8 Å². The summed E-state index contributed by atoms with van der Waals surface area (Å²) in [4.78, 5) is 6.82. The van der Waals surface area contributed by atoms with Crippen LogP contribution < -0.4 is 37.9 Å². The van der Waals surface area contributed by atoms with E-state index in [2.05, 4.69) is 60.0 Å². The maximum atomic E-state index is 6.46. The first-order chi connectivity index (χ1) is 33.9. The summed E-state index contributed by atoms with van der Waals surface area (Å²) in [6.45, 7) is 13.1. The monoisotopic (exact) mass is 1000 g/mol. The molecule has 1 saturated heterocycles. The Morgan fingerprint density at radius 3 is 1.29 bits per heavy atom. The van der Waals surface area contributed by atoms with Crippen LogP contribution in [0.2, 0.25) is 0 Å². The Bertz CT molecular complexity index is 2840. The minimum atomic E-state index is 0. The van der Waals surface area contributed by atoms with Crippen LogP contribution in [0.25, 0.3) is 41.1 Å². The Kier molecular flexibility index (Phi) is 18.9. The predicted octanol–water partition coefficient (Wildman–Crippen LogP) is 13.6. The molecule has 0 amide bonds. The first-order valence-corrected chi connectivity index (χ1v) is 24.9. The molecule has 0 radical (unpaired) electrons. The van der Waals surface area contributed by atoms with E-state index in [0.29, 0.717) is 13.2 Å². The number of ether oxygens (including phenoxy) is 9. The van der Waals surface area contributed by atoms with Crippen molar-refractivity contribution in [2.45, 2.75) is 13.8 Å². The lowest BCUT2D eigenvalue weighted by molar-refractivity contribution is 0.0322. The lowest BCUT2D eigenvalue weighted by Crippen LogP contribution is -2.38. The van der Waals surface area contributed by atoms with E-state index in [0.717, 1.165) is 151 Å². The Balaban J connectivity index is 0.000000203. The largest absolute Gasteiger partial charge is 0.497 e. The lowest BCUT2D eigenvalue weighted by atomic mass is 10.1. The summed E-state index contributed by atoms with van der Waals surface area (Å²) in [5.74, 6) is 8.17. The second kappa shape index (κ2) is 25.6. The fourth-order valence-corrected chi connectivity index (χ4v) is 10.1. The van der Waals surface area contributed by atoms with Crippen molar-refractivity contribution in [2.24, 2.45) is 0 Å². The molecule has 9 rings (SSSR count). The zero-order valence-electron chi connectivity index (χ0n) is 40.6. The molecule has 0 N–H and O–H groups in total. The zero-order valence-corrected chi connectivity index (χ0v) is 43.0. The van der Waals surface area contributed by atoms with E-state index in [1.165, 1.54) is 0 Å². The molecule has 0 bridgehead atoms. The van der Waals surface area contributed by atoms with Gasteiger partial charge in [-0.15, -0.1) is 35.1 Å². The number of morpholine rings is 1. The van der Waals surface area contributed by atoms with Crippen molar-refractivity contribution in [3.8, 4) is 78.4 Å². The van der Waals surface area contributed by atoms with Crippen LogP contribution in [0.15, 0.2) is 133 Å². The topological polar surface area (TPSA) is 89.6 Å². The van der Waals surface area contributed by atoms with Crippen LogP contribution in [0.1, 0.15) is 13.8 Å². The quantitative estimate of drug-likeness (QED) is 0.0731. The van der Waals surface area contributed by atoms with E-state index in [-0.39, 0.29) is 12.4 Å². The van der Waals surface area contributed by atoms with Gasteiger partial charge in [0.1, 0.15) is 59.2 Å². The molecule has 14 heteroatoms. The number of hydrogen-bond acceptors (Lipinski definition) is 13. The van der Waals surface area contributed by atoms with E-state index >= 15 is 0 Å². The Labute approximate surface area is 425 Å². The smallest absolute Gasteiger partial charge is 0.153 e. The summed E-state index contributed by atoms with van der Waals surface area (Å²) >= 11 is 3.37. The molecule has 6 aromatic carbocycles. The summed E-state index contributed by atoms with van der Waals surface area (Å²) in [5.41, 5.74) is 2.15. The molecule has 70 heavy (non-hydrogen) atoms. The number of likely N-dealkylation sites (N-methyl/N-ethyl adjacent to an activating group) is 1. The molecule has 8 aromatic rings. The van der Waals surface area contributed by atoms with Gasteiger partial charge >= 0.3 is 0 Å². The molecule has 0 spiro atoms. The van der Waals surface area contributed by atoms with Gasteiger partial charge in [0.25, 0.3) is 0 Å². The second-order valence-electron chi connectivity index (χ2n) is 16.0. The predicted molar refractivity (Wildman–Crippen MR) is 287 cm³/mol. The van der Waals surface area contributed by atoms with Crippen LogP contribution >= 0.6 is 35.1 Å². The number of halogens is 1. The Morgan fingerprint density at radius 2 is 0.871 bits per heavy atom. The highest BCUT2D eigenvalue weighted by Gasteiger charge is 2.20. The van der Waals surface area contributed by atoms with Crippen molar-refractivity contribution >= 4 is 55.3 Å². The number of rotatable bonds is 20. The molecular formula is C56H61ClN2O9S2. The SMILES string of the molecule is CCN(CC)CCOc1ccc(Oc2c(-c3ccc(OC)cc3)sc3cc(OC)ccc23)cc1.COc1ccc(-c2sc3cc(OC)ccc3c2Oc2ccc(OCCN3CCOCC3)cc2)cc1.Cl. The number of methoxy groups -OCH3 is 4. The summed E-state index contributed by atoms with van der Waals surface area (Å²) in [7, 11) is 6.71. The first kappa shape index (κ1) is 51.7. The molecule has 0 aliphatic carbocycles. The van der Waals surface area contributed by atoms with Gasteiger partial charge in [0.15, 0.2) is 11.5 Å². The average molecular weight is 1010 g/mol. The summed E-state index contributed by atoms with van der Waals surface area (Å²) in [6.07, 6.45) is 0. The van der Waals surface area contributed by atoms with E-state index in [1.807, 2.05) is 97.1 Å². The summed E-state index contributed by atoms with van der Waals surface area (Å²) < 4.78 is 53.9. The maximum Gasteiger partial charge on any atom is 0.153 e. The average Bonchev–Trinajstić information content (AvgIpc) is 3.95. The van der Waals surface area contributed by atoms with Crippen LogP contribution in [0.3, 0.4) is 0 Å². The third kappa shape index (κ3) is 13.2. The highest BCUT2D eigenvalue weighted by atomic mass is 35.5. The number of benzene rings is 6. The van der Waals surface area contributed by atoms with Crippen LogP contribution in [0.5, 0.6) is 57.5 Å². The molecule has 3 heterocycles.